The molecule has 2 nitrogen and oxygen atoms in total. The monoisotopic (exact) mass is 350 g/mol. The number of aryl methyl sites for hydroxylation is 1. The maximum absolute atomic E-state index is 4.69. The summed E-state index contributed by atoms with van der Waals surface area (Å²) in [5.74, 6) is 0.487. The molecule has 0 aliphatic heterocycles. The first-order chi connectivity index (χ1) is 9.79. The molecule has 106 valence electrons. The lowest BCUT2D eigenvalue weighted by Crippen LogP contribution is -2.29. The third-order valence-electron chi connectivity index (χ3n) is 4.01. The number of halogens is 1. The van der Waals surface area contributed by atoms with Gasteiger partial charge in [-0.1, -0.05) is 13.0 Å². The van der Waals surface area contributed by atoms with E-state index in [4.69, 9.17) is 0 Å². The summed E-state index contributed by atoms with van der Waals surface area (Å²) < 4.78 is 1.20. The van der Waals surface area contributed by atoms with Crippen molar-refractivity contribution in [3.8, 4) is 0 Å². The third kappa shape index (κ3) is 2.83. The quantitative estimate of drug-likeness (QED) is 0.865. The molecule has 0 fully saturated rings. The maximum Gasteiger partial charge on any atom is 0.0701 e. The zero-order valence-electron chi connectivity index (χ0n) is 11.6. The smallest absolute Gasteiger partial charge is 0.0701 e. The molecular formula is C16H19BrN2S. The summed E-state index contributed by atoms with van der Waals surface area (Å²) in [6, 6.07) is 6.91. The van der Waals surface area contributed by atoms with Crippen LogP contribution in [0, 0.1) is 0 Å². The van der Waals surface area contributed by atoms with Crippen molar-refractivity contribution in [3.63, 3.8) is 0 Å². The molecule has 0 saturated carbocycles. The van der Waals surface area contributed by atoms with E-state index in [1.807, 2.05) is 6.20 Å². The highest BCUT2D eigenvalue weighted by Gasteiger charge is 2.30. The van der Waals surface area contributed by atoms with Gasteiger partial charge in [-0.05, 0) is 70.4 Å². The number of aromatic nitrogens is 1. The standard InChI is InChI=1S/C16H19BrN2S/c1-2-18-16(12-9-14(17)20-10-12)13-7-3-5-11-6-4-8-19-15(11)13/h4,6,8-10,13,16,18H,2-3,5,7H2,1H3. The van der Waals surface area contributed by atoms with Gasteiger partial charge < -0.3 is 5.32 Å². The first kappa shape index (κ1) is 14.2. The fraction of sp³-hybridized carbons (Fsp3) is 0.438. The highest BCUT2D eigenvalue weighted by molar-refractivity contribution is 9.11. The fourth-order valence-electron chi connectivity index (χ4n) is 3.17. The van der Waals surface area contributed by atoms with Gasteiger partial charge in [-0.25, -0.2) is 0 Å². The molecule has 1 aliphatic rings. The minimum atomic E-state index is 0.372. The van der Waals surface area contributed by atoms with Crippen LogP contribution in [0.3, 0.4) is 0 Å². The summed E-state index contributed by atoms with van der Waals surface area (Å²) >= 11 is 5.34. The fourth-order valence-corrected chi connectivity index (χ4v) is 4.38. The highest BCUT2D eigenvalue weighted by atomic mass is 79.9. The molecule has 2 atom stereocenters. The predicted octanol–water partition coefficient (Wildman–Crippen LogP) is 4.68. The van der Waals surface area contributed by atoms with Gasteiger partial charge in [0.2, 0.25) is 0 Å². The Balaban J connectivity index is 1.96. The summed E-state index contributed by atoms with van der Waals surface area (Å²) in [7, 11) is 0. The zero-order valence-corrected chi connectivity index (χ0v) is 14.0. The lowest BCUT2D eigenvalue weighted by Gasteiger charge is -2.31. The van der Waals surface area contributed by atoms with Crippen LogP contribution in [0.5, 0.6) is 0 Å². The summed E-state index contributed by atoms with van der Waals surface area (Å²) in [4.78, 5) is 4.69. The van der Waals surface area contributed by atoms with Crippen molar-refractivity contribution in [1.29, 1.82) is 0 Å². The largest absolute Gasteiger partial charge is 0.310 e. The first-order valence-electron chi connectivity index (χ1n) is 7.20. The van der Waals surface area contributed by atoms with Crippen molar-refractivity contribution in [2.24, 2.45) is 0 Å². The van der Waals surface area contributed by atoms with Crippen molar-refractivity contribution >= 4 is 27.3 Å². The maximum atomic E-state index is 4.69. The van der Waals surface area contributed by atoms with E-state index in [0.29, 0.717) is 12.0 Å². The predicted molar refractivity (Wildman–Crippen MR) is 88.4 cm³/mol. The number of fused-ring (bicyclic) bond motifs is 1. The van der Waals surface area contributed by atoms with Crippen LogP contribution in [-0.2, 0) is 6.42 Å². The minimum Gasteiger partial charge on any atom is -0.310 e. The Morgan fingerprint density at radius 3 is 3.20 bits per heavy atom. The van der Waals surface area contributed by atoms with E-state index in [9.17, 15) is 0 Å². The Labute approximate surface area is 132 Å². The first-order valence-corrected chi connectivity index (χ1v) is 8.88. The van der Waals surface area contributed by atoms with E-state index in [1.165, 1.54) is 39.9 Å². The molecule has 2 heterocycles. The van der Waals surface area contributed by atoms with Gasteiger partial charge in [-0.2, -0.15) is 0 Å². The molecule has 0 aromatic carbocycles. The van der Waals surface area contributed by atoms with Crippen molar-refractivity contribution in [1.82, 2.24) is 10.3 Å². The Hall–Kier alpha value is -0.710. The van der Waals surface area contributed by atoms with Crippen molar-refractivity contribution in [2.75, 3.05) is 6.54 Å². The van der Waals surface area contributed by atoms with Crippen LogP contribution in [0.2, 0.25) is 0 Å². The number of nitrogens with zero attached hydrogens (tertiary/aromatic N) is 1. The van der Waals surface area contributed by atoms with Crippen molar-refractivity contribution < 1.29 is 0 Å². The number of hydrogen-bond acceptors (Lipinski definition) is 3. The van der Waals surface area contributed by atoms with Gasteiger partial charge in [-0.15, -0.1) is 11.3 Å². The van der Waals surface area contributed by atoms with E-state index >= 15 is 0 Å². The van der Waals surface area contributed by atoms with Gasteiger partial charge in [0.05, 0.1) is 3.79 Å². The Morgan fingerprint density at radius 1 is 1.55 bits per heavy atom. The molecular weight excluding hydrogens is 332 g/mol. The van der Waals surface area contributed by atoms with Crippen molar-refractivity contribution in [3.05, 3.63) is 50.4 Å². The van der Waals surface area contributed by atoms with E-state index in [2.05, 4.69) is 56.7 Å². The lowest BCUT2D eigenvalue weighted by atomic mass is 9.80. The molecule has 2 aromatic rings. The second-order valence-electron chi connectivity index (χ2n) is 5.27. The average molecular weight is 351 g/mol. The van der Waals surface area contributed by atoms with Gasteiger partial charge in [0.15, 0.2) is 0 Å². The molecule has 3 rings (SSSR count). The van der Waals surface area contributed by atoms with E-state index in [0.717, 1.165) is 6.54 Å². The topological polar surface area (TPSA) is 24.9 Å². The molecule has 1 N–H and O–H groups in total. The Kier molecular flexibility index (Phi) is 4.54. The van der Waals surface area contributed by atoms with Crippen LogP contribution in [0.25, 0.3) is 0 Å². The molecule has 0 saturated heterocycles. The van der Waals surface area contributed by atoms with E-state index in [1.54, 1.807) is 11.3 Å². The molecule has 0 radical (unpaired) electrons. The summed E-state index contributed by atoms with van der Waals surface area (Å²) in [5, 5.41) is 5.93. The SMILES string of the molecule is CCNC(c1csc(Br)c1)C1CCCc2cccnc21. The van der Waals surface area contributed by atoms with Crippen LogP contribution in [0.15, 0.2) is 33.6 Å². The van der Waals surface area contributed by atoms with Gasteiger partial charge in [-0.3, -0.25) is 4.98 Å². The summed E-state index contributed by atoms with van der Waals surface area (Å²) in [6.45, 7) is 3.16. The molecule has 2 aromatic heterocycles. The normalized spacial score (nSPS) is 19.6. The van der Waals surface area contributed by atoms with Gasteiger partial charge in [0, 0.05) is 23.9 Å². The number of pyridine rings is 1. The van der Waals surface area contributed by atoms with Crippen LogP contribution >= 0.6 is 27.3 Å². The van der Waals surface area contributed by atoms with Crippen molar-refractivity contribution in [2.45, 2.75) is 38.1 Å². The second kappa shape index (κ2) is 6.37. The second-order valence-corrected chi connectivity index (χ2v) is 7.56. The van der Waals surface area contributed by atoms with Gasteiger partial charge in [0.1, 0.15) is 0 Å². The summed E-state index contributed by atoms with van der Waals surface area (Å²) in [5.41, 5.74) is 4.11. The number of thiophene rings is 1. The molecule has 2 unspecified atom stereocenters. The van der Waals surface area contributed by atoms with Crippen LogP contribution in [0.4, 0.5) is 0 Å². The minimum absolute atomic E-state index is 0.372. The molecule has 0 amide bonds. The van der Waals surface area contributed by atoms with Crippen LogP contribution in [-0.4, -0.2) is 11.5 Å². The molecule has 4 heteroatoms. The number of hydrogen-bond donors (Lipinski definition) is 1. The molecule has 0 spiro atoms. The Bertz CT molecular complexity index is 581. The number of nitrogens with one attached hydrogen (secondary N) is 1. The number of likely N-dealkylation sites (N-methyl/N-ethyl adjacent to an activating group) is 1. The summed E-state index contributed by atoms with van der Waals surface area (Å²) in [6.07, 6.45) is 5.58. The molecule has 0 bridgehead atoms. The van der Waals surface area contributed by atoms with Gasteiger partial charge in [0.25, 0.3) is 0 Å². The number of rotatable bonds is 4. The van der Waals surface area contributed by atoms with E-state index in [-0.39, 0.29) is 0 Å². The van der Waals surface area contributed by atoms with Gasteiger partial charge >= 0.3 is 0 Å². The zero-order chi connectivity index (χ0) is 13.9. The molecule has 1 aliphatic carbocycles. The average Bonchev–Trinajstić information content (AvgIpc) is 2.91. The Morgan fingerprint density at radius 2 is 2.45 bits per heavy atom. The van der Waals surface area contributed by atoms with Crippen LogP contribution < -0.4 is 5.32 Å². The van der Waals surface area contributed by atoms with Crippen LogP contribution in [0.1, 0.15) is 48.5 Å². The van der Waals surface area contributed by atoms with E-state index < -0.39 is 0 Å². The lowest BCUT2D eigenvalue weighted by molar-refractivity contribution is 0.401. The third-order valence-corrected chi connectivity index (χ3v) is 5.53. The highest BCUT2D eigenvalue weighted by Crippen LogP contribution is 2.40. The molecule has 20 heavy (non-hydrogen) atoms.